The number of rotatable bonds is 7. The van der Waals surface area contributed by atoms with Gasteiger partial charge in [0.15, 0.2) is 10.9 Å². The molecule has 0 spiro atoms. The van der Waals surface area contributed by atoms with Gasteiger partial charge in [-0.3, -0.25) is 4.79 Å². The van der Waals surface area contributed by atoms with Crippen molar-refractivity contribution in [2.75, 3.05) is 32.2 Å². The molecule has 2 aromatic rings. The van der Waals surface area contributed by atoms with Gasteiger partial charge in [0, 0.05) is 31.6 Å². The van der Waals surface area contributed by atoms with E-state index in [1.807, 2.05) is 47.7 Å². The molecule has 0 N–H and O–H groups in total. The van der Waals surface area contributed by atoms with Crippen molar-refractivity contribution >= 4 is 22.3 Å². The summed E-state index contributed by atoms with van der Waals surface area (Å²) >= 11 is 1.55. The maximum absolute atomic E-state index is 12.1. The van der Waals surface area contributed by atoms with Crippen LogP contribution in [-0.2, 0) is 11.2 Å². The zero-order valence-corrected chi connectivity index (χ0v) is 12.5. The topological polar surface area (TPSA) is 42.4 Å². The molecule has 0 amide bonds. The summed E-state index contributed by atoms with van der Waals surface area (Å²) in [5.74, 6) is 0.0991. The lowest BCUT2D eigenvalue weighted by Crippen LogP contribution is -2.21. The maximum Gasteiger partial charge on any atom is 0.185 e. The minimum Gasteiger partial charge on any atom is -0.383 e. The molecule has 0 unspecified atom stereocenters. The third kappa shape index (κ3) is 3.88. The van der Waals surface area contributed by atoms with Gasteiger partial charge in [-0.15, -0.1) is 11.3 Å². The molecule has 1 aromatic heterocycles. The minimum absolute atomic E-state index is 0.0991. The summed E-state index contributed by atoms with van der Waals surface area (Å²) in [6.45, 7) is 1.45. The largest absolute Gasteiger partial charge is 0.383 e. The molecule has 0 bridgehead atoms. The third-order valence-electron chi connectivity index (χ3n) is 2.93. The maximum atomic E-state index is 12.1. The van der Waals surface area contributed by atoms with Crippen LogP contribution in [0.2, 0.25) is 0 Å². The Hall–Kier alpha value is -1.72. The van der Waals surface area contributed by atoms with Crippen molar-refractivity contribution in [2.24, 2.45) is 0 Å². The van der Waals surface area contributed by atoms with Gasteiger partial charge < -0.3 is 9.64 Å². The Kier molecular flexibility index (Phi) is 5.26. The predicted molar refractivity (Wildman–Crippen MR) is 81.7 cm³/mol. The Balaban J connectivity index is 1.97. The van der Waals surface area contributed by atoms with Gasteiger partial charge in [0.05, 0.1) is 18.7 Å². The number of likely N-dealkylation sites (N-methyl/N-ethyl adjacent to an activating group) is 1. The van der Waals surface area contributed by atoms with Crippen LogP contribution >= 0.6 is 11.3 Å². The quantitative estimate of drug-likeness (QED) is 0.735. The number of carbonyl (C=O) groups is 1. The highest BCUT2D eigenvalue weighted by Crippen LogP contribution is 2.20. The number of thiazole rings is 1. The molecule has 106 valence electrons. The SMILES string of the molecule is COCCN(C)c1nc(CC(=O)c2ccccc2)cs1. The van der Waals surface area contributed by atoms with E-state index in [2.05, 4.69) is 4.98 Å². The number of anilines is 1. The molecule has 0 fully saturated rings. The number of nitrogens with zero attached hydrogens (tertiary/aromatic N) is 2. The second kappa shape index (κ2) is 7.17. The number of aromatic nitrogens is 1. The van der Waals surface area contributed by atoms with E-state index < -0.39 is 0 Å². The molecule has 0 aliphatic heterocycles. The first-order valence-corrected chi connectivity index (χ1v) is 7.31. The number of ether oxygens (including phenoxy) is 1. The van der Waals surface area contributed by atoms with Crippen LogP contribution in [0.5, 0.6) is 0 Å². The number of hydrogen-bond acceptors (Lipinski definition) is 5. The van der Waals surface area contributed by atoms with Crippen LogP contribution in [0.25, 0.3) is 0 Å². The second-order valence-corrected chi connectivity index (χ2v) is 5.34. The fourth-order valence-corrected chi connectivity index (χ4v) is 2.59. The van der Waals surface area contributed by atoms with Gasteiger partial charge in [-0.05, 0) is 0 Å². The Morgan fingerprint density at radius 3 is 2.80 bits per heavy atom. The van der Waals surface area contributed by atoms with E-state index in [4.69, 9.17) is 4.74 Å². The summed E-state index contributed by atoms with van der Waals surface area (Å²) in [6, 6.07) is 9.32. The zero-order chi connectivity index (χ0) is 14.4. The number of benzene rings is 1. The highest BCUT2D eigenvalue weighted by atomic mass is 32.1. The number of Topliss-reactive ketones (excluding diaryl/α,β-unsaturated/α-hetero) is 1. The molecule has 0 aliphatic carbocycles. The summed E-state index contributed by atoms with van der Waals surface area (Å²) in [4.78, 5) is 18.6. The lowest BCUT2D eigenvalue weighted by Gasteiger charge is -2.14. The molecule has 4 nitrogen and oxygen atoms in total. The molecule has 0 aliphatic rings. The molecule has 0 saturated carbocycles. The van der Waals surface area contributed by atoms with E-state index in [0.717, 1.165) is 22.9 Å². The molecule has 20 heavy (non-hydrogen) atoms. The molecule has 0 atom stereocenters. The van der Waals surface area contributed by atoms with E-state index in [1.54, 1.807) is 18.4 Å². The first-order chi connectivity index (χ1) is 9.70. The van der Waals surface area contributed by atoms with Gasteiger partial charge in [-0.25, -0.2) is 4.98 Å². The first-order valence-electron chi connectivity index (χ1n) is 6.43. The smallest absolute Gasteiger partial charge is 0.185 e. The van der Waals surface area contributed by atoms with Crippen LogP contribution < -0.4 is 4.90 Å². The Morgan fingerprint density at radius 1 is 1.35 bits per heavy atom. The van der Waals surface area contributed by atoms with Crippen LogP contribution in [0, 0.1) is 0 Å². The fraction of sp³-hybridized carbons (Fsp3) is 0.333. The summed E-state index contributed by atoms with van der Waals surface area (Å²) in [5.41, 5.74) is 1.55. The van der Waals surface area contributed by atoms with E-state index in [0.29, 0.717) is 13.0 Å². The van der Waals surface area contributed by atoms with Crippen LogP contribution in [0.15, 0.2) is 35.7 Å². The van der Waals surface area contributed by atoms with Gasteiger partial charge in [-0.2, -0.15) is 0 Å². The molecule has 2 rings (SSSR count). The van der Waals surface area contributed by atoms with Crippen molar-refractivity contribution in [1.29, 1.82) is 0 Å². The van der Waals surface area contributed by atoms with E-state index in [1.165, 1.54) is 0 Å². The molecular formula is C15H18N2O2S. The number of carbonyl (C=O) groups excluding carboxylic acids is 1. The van der Waals surface area contributed by atoms with E-state index >= 15 is 0 Å². The van der Waals surface area contributed by atoms with Crippen molar-refractivity contribution in [2.45, 2.75) is 6.42 Å². The summed E-state index contributed by atoms with van der Waals surface area (Å²) < 4.78 is 5.04. The molecule has 1 aromatic carbocycles. The van der Waals surface area contributed by atoms with Crippen molar-refractivity contribution in [3.63, 3.8) is 0 Å². The Bertz CT molecular complexity index is 554. The normalized spacial score (nSPS) is 10.5. The van der Waals surface area contributed by atoms with Crippen LogP contribution in [0.4, 0.5) is 5.13 Å². The fourth-order valence-electron chi connectivity index (χ4n) is 1.77. The van der Waals surface area contributed by atoms with Crippen LogP contribution in [0.1, 0.15) is 16.1 Å². The predicted octanol–water partition coefficient (Wildman–Crippen LogP) is 2.65. The summed E-state index contributed by atoms with van der Waals surface area (Å²) in [7, 11) is 3.65. The first kappa shape index (κ1) is 14.7. The van der Waals surface area contributed by atoms with Crippen LogP contribution in [-0.4, -0.2) is 38.1 Å². The van der Waals surface area contributed by atoms with Crippen molar-refractivity contribution in [3.8, 4) is 0 Å². The molecule has 0 saturated heterocycles. The molecular weight excluding hydrogens is 272 g/mol. The van der Waals surface area contributed by atoms with Crippen molar-refractivity contribution in [3.05, 3.63) is 47.0 Å². The zero-order valence-electron chi connectivity index (χ0n) is 11.7. The second-order valence-electron chi connectivity index (χ2n) is 4.50. The van der Waals surface area contributed by atoms with Gasteiger partial charge in [0.2, 0.25) is 0 Å². The number of hydrogen-bond donors (Lipinski definition) is 0. The standard InChI is InChI=1S/C15H18N2O2S/c1-17(8-9-19-2)15-16-13(11-20-15)10-14(18)12-6-4-3-5-7-12/h3-7,11H,8-10H2,1-2H3. The average Bonchev–Trinajstić information content (AvgIpc) is 2.94. The lowest BCUT2D eigenvalue weighted by molar-refractivity contribution is 0.0992. The summed E-state index contributed by atoms with van der Waals surface area (Å²) in [5, 5.41) is 2.86. The minimum atomic E-state index is 0.0991. The molecule has 5 heteroatoms. The van der Waals surface area contributed by atoms with E-state index in [-0.39, 0.29) is 5.78 Å². The van der Waals surface area contributed by atoms with Gasteiger partial charge >= 0.3 is 0 Å². The molecule has 1 heterocycles. The monoisotopic (exact) mass is 290 g/mol. The highest BCUT2D eigenvalue weighted by Gasteiger charge is 2.11. The highest BCUT2D eigenvalue weighted by molar-refractivity contribution is 7.13. The Morgan fingerprint density at radius 2 is 2.10 bits per heavy atom. The van der Waals surface area contributed by atoms with Crippen molar-refractivity contribution < 1.29 is 9.53 Å². The molecule has 0 radical (unpaired) electrons. The van der Waals surface area contributed by atoms with Crippen molar-refractivity contribution in [1.82, 2.24) is 4.98 Å². The van der Waals surface area contributed by atoms with E-state index in [9.17, 15) is 4.79 Å². The Labute approximate surface area is 123 Å². The lowest BCUT2D eigenvalue weighted by atomic mass is 10.1. The number of ketones is 1. The van der Waals surface area contributed by atoms with Gasteiger partial charge in [-0.1, -0.05) is 30.3 Å². The number of methoxy groups -OCH3 is 1. The van der Waals surface area contributed by atoms with Crippen LogP contribution in [0.3, 0.4) is 0 Å². The average molecular weight is 290 g/mol. The van der Waals surface area contributed by atoms with Gasteiger partial charge in [0.25, 0.3) is 0 Å². The van der Waals surface area contributed by atoms with Gasteiger partial charge in [0.1, 0.15) is 0 Å². The summed E-state index contributed by atoms with van der Waals surface area (Å²) in [6.07, 6.45) is 0.346. The third-order valence-corrected chi connectivity index (χ3v) is 3.94.